The molecule has 0 spiro atoms. The van der Waals surface area contributed by atoms with E-state index >= 15 is 0 Å². The molecule has 6 nitrogen and oxygen atoms in total. The number of hydrogen-bond acceptors (Lipinski definition) is 5. The largest absolute Gasteiger partial charge is 0.377 e. The zero-order valence-corrected chi connectivity index (χ0v) is 11.9. The maximum atomic E-state index is 12.1. The van der Waals surface area contributed by atoms with Gasteiger partial charge in [-0.2, -0.15) is 0 Å². The molecule has 2 rings (SSSR count). The van der Waals surface area contributed by atoms with Crippen molar-refractivity contribution in [3.05, 3.63) is 15.4 Å². The van der Waals surface area contributed by atoms with E-state index < -0.39 is 10.0 Å². The van der Waals surface area contributed by atoms with Gasteiger partial charge in [0.15, 0.2) is 4.21 Å². The van der Waals surface area contributed by atoms with Gasteiger partial charge in [0, 0.05) is 18.3 Å². The molecule has 1 aromatic heterocycles. The predicted octanol–water partition coefficient (Wildman–Crippen LogP) is 0.591. The summed E-state index contributed by atoms with van der Waals surface area (Å²) in [6.45, 7) is 4.02. The minimum atomic E-state index is -3.65. The van der Waals surface area contributed by atoms with Crippen molar-refractivity contribution < 1.29 is 13.2 Å². The number of nitrogens with one attached hydrogen (secondary N) is 2. The molecule has 2 unspecified atom stereocenters. The average Bonchev–Trinajstić information content (AvgIpc) is 2.86. The van der Waals surface area contributed by atoms with Crippen molar-refractivity contribution in [3.8, 4) is 0 Å². The maximum absolute atomic E-state index is 12.1. The first-order chi connectivity index (χ1) is 8.40. The quantitative estimate of drug-likeness (QED) is 0.850. The van der Waals surface area contributed by atoms with Crippen molar-refractivity contribution in [2.75, 3.05) is 6.61 Å². The van der Waals surface area contributed by atoms with Crippen molar-refractivity contribution >= 4 is 21.4 Å². The summed E-state index contributed by atoms with van der Waals surface area (Å²) in [5, 5.41) is 0. The van der Waals surface area contributed by atoms with Crippen LogP contribution < -0.4 is 9.60 Å². The third-order valence-corrected chi connectivity index (χ3v) is 6.05. The molecule has 0 bridgehead atoms. The van der Waals surface area contributed by atoms with Crippen molar-refractivity contribution in [2.45, 2.75) is 43.0 Å². The lowest BCUT2D eigenvalue weighted by molar-refractivity contribution is 0.0902. The number of rotatable bonds is 4. The van der Waals surface area contributed by atoms with E-state index in [4.69, 9.17) is 4.74 Å². The number of aromatic nitrogens is 1. The molecule has 102 valence electrons. The third kappa shape index (κ3) is 2.82. The lowest BCUT2D eigenvalue weighted by Crippen LogP contribution is -2.40. The minimum Gasteiger partial charge on any atom is -0.377 e. The highest BCUT2D eigenvalue weighted by molar-refractivity contribution is 7.91. The first kappa shape index (κ1) is 13.7. The Morgan fingerprint density at radius 3 is 2.78 bits per heavy atom. The number of H-pyrrole nitrogens is 1. The standard InChI is InChI=1S/C10H16N2O4S2/c1-6(8-4-3-5-16-8)12-18(14,15)9-7(2)11-10(13)17-9/h6,8,12H,3-5H2,1-2H3,(H,11,13). The lowest BCUT2D eigenvalue weighted by atomic mass is 10.1. The highest BCUT2D eigenvalue weighted by Crippen LogP contribution is 2.20. The van der Waals surface area contributed by atoms with Crippen molar-refractivity contribution in [3.63, 3.8) is 0 Å². The van der Waals surface area contributed by atoms with E-state index in [1.807, 2.05) is 0 Å². The van der Waals surface area contributed by atoms with E-state index in [-0.39, 0.29) is 21.2 Å². The molecule has 1 aliphatic rings. The molecule has 2 N–H and O–H groups in total. The monoisotopic (exact) mass is 292 g/mol. The fourth-order valence-electron chi connectivity index (χ4n) is 2.02. The first-order valence-corrected chi connectivity index (χ1v) is 8.04. The summed E-state index contributed by atoms with van der Waals surface area (Å²) in [5.41, 5.74) is 0.372. The summed E-state index contributed by atoms with van der Waals surface area (Å²) in [5.74, 6) is 0. The van der Waals surface area contributed by atoms with Crippen LogP contribution in [0.2, 0.25) is 0 Å². The Kier molecular flexibility index (Phi) is 3.90. The van der Waals surface area contributed by atoms with Crippen LogP contribution in [-0.4, -0.2) is 32.2 Å². The Bertz CT molecular complexity index is 569. The molecule has 0 amide bonds. The average molecular weight is 292 g/mol. The van der Waals surface area contributed by atoms with Crippen LogP contribution in [0.1, 0.15) is 25.5 Å². The van der Waals surface area contributed by atoms with Crippen LogP contribution in [0.3, 0.4) is 0 Å². The van der Waals surface area contributed by atoms with Crippen LogP contribution in [0.15, 0.2) is 9.00 Å². The van der Waals surface area contributed by atoms with E-state index in [9.17, 15) is 13.2 Å². The van der Waals surface area contributed by atoms with Gasteiger partial charge in [-0.05, 0) is 26.7 Å². The maximum Gasteiger partial charge on any atom is 0.305 e. The van der Waals surface area contributed by atoms with Gasteiger partial charge < -0.3 is 9.72 Å². The van der Waals surface area contributed by atoms with E-state index in [1.165, 1.54) is 0 Å². The van der Waals surface area contributed by atoms with Crippen molar-refractivity contribution in [2.24, 2.45) is 0 Å². The predicted molar refractivity (Wildman–Crippen MR) is 68.4 cm³/mol. The summed E-state index contributed by atoms with van der Waals surface area (Å²) >= 11 is 0.703. The Labute approximate surface area is 109 Å². The topological polar surface area (TPSA) is 88.3 Å². The highest BCUT2D eigenvalue weighted by Gasteiger charge is 2.28. The molecule has 0 aliphatic carbocycles. The van der Waals surface area contributed by atoms with Gasteiger partial charge >= 0.3 is 4.87 Å². The molecule has 2 heterocycles. The molecule has 8 heteroatoms. The SMILES string of the molecule is Cc1[nH]c(=O)sc1S(=O)(=O)NC(C)C1CCCO1. The van der Waals surface area contributed by atoms with Gasteiger partial charge in [0.2, 0.25) is 0 Å². The van der Waals surface area contributed by atoms with Crippen molar-refractivity contribution in [1.29, 1.82) is 0 Å². The number of sulfonamides is 1. The normalized spacial score (nSPS) is 22.2. The lowest BCUT2D eigenvalue weighted by Gasteiger charge is -2.19. The number of aromatic amines is 1. The molecule has 1 saturated heterocycles. The molecule has 2 atom stereocenters. The van der Waals surface area contributed by atoms with Crippen LogP contribution in [-0.2, 0) is 14.8 Å². The number of hydrogen-bond donors (Lipinski definition) is 2. The van der Waals surface area contributed by atoms with E-state index in [0.717, 1.165) is 12.8 Å². The molecule has 1 aliphatic heterocycles. The second kappa shape index (κ2) is 5.12. The van der Waals surface area contributed by atoms with Crippen LogP contribution in [0.5, 0.6) is 0 Å². The zero-order chi connectivity index (χ0) is 13.3. The number of aryl methyl sites for hydroxylation is 1. The summed E-state index contributed by atoms with van der Waals surface area (Å²) in [6.07, 6.45) is 1.72. The number of thiazole rings is 1. The molecular weight excluding hydrogens is 276 g/mol. The van der Waals surface area contributed by atoms with Gasteiger partial charge in [-0.1, -0.05) is 11.3 Å². The molecule has 0 saturated carbocycles. The molecule has 0 radical (unpaired) electrons. The van der Waals surface area contributed by atoms with Crippen LogP contribution in [0.25, 0.3) is 0 Å². The van der Waals surface area contributed by atoms with Crippen LogP contribution >= 0.6 is 11.3 Å². The fourth-order valence-corrected chi connectivity index (χ4v) is 4.61. The van der Waals surface area contributed by atoms with Gasteiger partial charge in [-0.3, -0.25) is 4.79 Å². The second-order valence-corrected chi connectivity index (χ2v) is 7.28. The third-order valence-electron chi connectivity index (χ3n) is 2.89. The summed E-state index contributed by atoms with van der Waals surface area (Å²) in [4.78, 5) is 13.3. The zero-order valence-electron chi connectivity index (χ0n) is 10.2. The minimum absolute atomic E-state index is 0.0531. The van der Waals surface area contributed by atoms with Gasteiger partial charge in [-0.15, -0.1) is 0 Å². The van der Waals surface area contributed by atoms with Crippen molar-refractivity contribution in [1.82, 2.24) is 9.71 Å². The first-order valence-electron chi connectivity index (χ1n) is 5.74. The Morgan fingerprint density at radius 2 is 2.28 bits per heavy atom. The van der Waals surface area contributed by atoms with E-state index in [1.54, 1.807) is 13.8 Å². The van der Waals surface area contributed by atoms with E-state index in [0.29, 0.717) is 23.6 Å². The molecular formula is C10H16N2O4S2. The molecule has 1 aromatic rings. The van der Waals surface area contributed by atoms with Crippen LogP contribution in [0.4, 0.5) is 0 Å². The Hall–Kier alpha value is -0.700. The fraction of sp³-hybridized carbons (Fsp3) is 0.700. The van der Waals surface area contributed by atoms with Gasteiger partial charge in [-0.25, -0.2) is 13.1 Å². The van der Waals surface area contributed by atoms with E-state index in [2.05, 4.69) is 9.71 Å². The summed E-state index contributed by atoms with van der Waals surface area (Å²) in [7, 11) is -3.65. The Morgan fingerprint density at radius 1 is 1.56 bits per heavy atom. The number of ether oxygens (including phenoxy) is 1. The van der Waals surface area contributed by atoms with Crippen LogP contribution in [0, 0.1) is 6.92 Å². The van der Waals surface area contributed by atoms with Gasteiger partial charge in [0.05, 0.1) is 6.10 Å². The smallest absolute Gasteiger partial charge is 0.305 e. The molecule has 18 heavy (non-hydrogen) atoms. The summed E-state index contributed by atoms with van der Waals surface area (Å²) in [6, 6.07) is -0.297. The van der Waals surface area contributed by atoms with Gasteiger partial charge in [0.1, 0.15) is 0 Å². The Balaban J connectivity index is 2.16. The summed E-state index contributed by atoms with van der Waals surface area (Å²) < 4.78 is 32.3. The molecule has 1 fully saturated rings. The van der Waals surface area contributed by atoms with Gasteiger partial charge in [0.25, 0.3) is 10.0 Å². The highest BCUT2D eigenvalue weighted by atomic mass is 32.2. The molecule has 0 aromatic carbocycles. The second-order valence-electron chi connectivity index (χ2n) is 4.39.